The van der Waals surface area contributed by atoms with E-state index in [1.165, 1.54) is 35.7 Å². The van der Waals surface area contributed by atoms with Crippen molar-refractivity contribution in [3.8, 4) is 16.9 Å². The van der Waals surface area contributed by atoms with Gasteiger partial charge in [0.2, 0.25) is 10.0 Å². The standard InChI is InChI=1S/C18H18F3NO4S/c1-25-10-8-22-9-11-26-16-7-4-14(12-17(16)27(22,23)24)13-2-5-15(6-3-13)18(19,20)21/h2-7,12H,8-11H2,1H3. The van der Waals surface area contributed by atoms with Crippen LogP contribution in [0, 0.1) is 0 Å². The van der Waals surface area contributed by atoms with Crippen molar-refractivity contribution in [2.75, 3.05) is 33.4 Å². The maximum atomic E-state index is 12.9. The molecule has 1 aliphatic rings. The maximum Gasteiger partial charge on any atom is 0.416 e. The molecule has 0 saturated carbocycles. The smallest absolute Gasteiger partial charge is 0.416 e. The zero-order chi connectivity index (χ0) is 19.7. The zero-order valence-electron chi connectivity index (χ0n) is 14.5. The van der Waals surface area contributed by atoms with Gasteiger partial charge in [-0.1, -0.05) is 18.2 Å². The average molecular weight is 401 g/mol. The van der Waals surface area contributed by atoms with Crippen LogP contribution in [0.1, 0.15) is 5.56 Å². The highest BCUT2D eigenvalue weighted by molar-refractivity contribution is 7.89. The lowest BCUT2D eigenvalue weighted by Crippen LogP contribution is -2.35. The molecule has 0 N–H and O–H groups in total. The van der Waals surface area contributed by atoms with Crippen LogP contribution in [-0.2, 0) is 20.9 Å². The number of ether oxygens (including phenoxy) is 2. The molecule has 2 aromatic carbocycles. The van der Waals surface area contributed by atoms with Crippen LogP contribution >= 0.6 is 0 Å². The highest BCUT2D eigenvalue weighted by Crippen LogP contribution is 2.35. The van der Waals surface area contributed by atoms with Gasteiger partial charge in [-0.25, -0.2) is 8.42 Å². The number of methoxy groups -OCH3 is 1. The Bertz CT molecular complexity index is 909. The summed E-state index contributed by atoms with van der Waals surface area (Å²) in [5, 5.41) is 0. The minimum absolute atomic E-state index is 0.00602. The molecule has 0 fully saturated rings. The predicted molar refractivity (Wildman–Crippen MR) is 93.0 cm³/mol. The number of hydrogen-bond acceptors (Lipinski definition) is 4. The number of hydrogen-bond donors (Lipinski definition) is 0. The molecular formula is C18H18F3NO4S. The molecule has 0 radical (unpaired) electrons. The Morgan fingerprint density at radius 2 is 1.78 bits per heavy atom. The van der Waals surface area contributed by atoms with Crippen molar-refractivity contribution in [3.05, 3.63) is 48.0 Å². The lowest BCUT2D eigenvalue weighted by Gasteiger charge is -2.19. The monoisotopic (exact) mass is 401 g/mol. The molecular weight excluding hydrogens is 383 g/mol. The van der Waals surface area contributed by atoms with Gasteiger partial charge in [-0.15, -0.1) is 0 Å². The number of benzene rings is 2. The Kier molecular flexibility index (Phi) is 5.45. The van der Waals surface area contributed by atoms with Crippen LogP contribution in [0.3, 0.4) is 0 Å². The van der Waals surface area contributed by atoms with Gasteiger partial charge >= 0.3 is 6.18 Å². The number of alkyl halides is 3. The fourth-order valence-corrected chi connectivity index (χ4v) is 4.37. The highest BCUT2D eigenvalue weighted by atomic mass is 32.2. The van der Waals surface area contributed by atoms with Gasteiger partial charge in [0.1, 0.15) is 17.3 Å². The minimum Gasteiger partial charge on any atom is -0.491 e. The summed E-state index contributed by atoms with van der Waals surface area (Å²) in [7, 11) is -2.32. The molecule has 0 aromatic heterocycles. The van der Waals surface area contributed by atoms with Crippen molar-refractivity contribution in [1.29, 1.82) is 0 Å². The van der Waals surface area contributed by atoms with E-state index in [1.807, 2.05) is 0 Å². The van der Waals surface area contributed by atoms with Gasteiger partial charge in [0, 0.05) is 20.2 Å². The number of fused-ring (bicyclic) bond motifs is 1. The number of rotatable bonds is 4. The summed E-state index contributed by atoms with van der Waals surface area (Å²) >= 11 is 0. The summed E-state index contributed by atoms with van der Waals surface area (Å²) in [6, 6.07) is 9.16. The summed E-state index contributed by atoms with van der Waals surface area (Å²) < 4.78 is 75.8. The summed E-state index contributed by atoms with van der Waals surface area (Å²) in [6.45, 7) is 0.824. The van der Waals surface area contributed by atoms with Gasteiger partial charge in [-0.3, -0.25) is 0 Å². The van der Waals surface area contributed by atoms with Crippen LogP contribution in [0.2, 0.25) is 0 Å². The van der Waals surface area contributed by atoms with Gasteiger partial charge < -0.3 is 9.47 Å². The molecule has 0 bridgehead atoms. The minimum atomic E-state index is -4.43. The summed E-state index contributed by atoms with van der Waals surface area (Å²) in [6.07, 6.45) is -4.43. The van der Waals surface area contributed by atoms with E-state index in [1.54, 1.807) is 6.07 Å². The second kappa shape index (κ2) is 7.49. The normalized spacial score (nSPS) is 17.0. The molecule has 1 aliphatic heterocycles. The van der Waals surface area contributed by atoms with Crippen LogP contribution in [0.25, 0.3) is 11.1 Å². The van der Waals surface area contributed by atoms with Crippen molar-refractivity contribution in [2.45, 2.75) is 11.1 Å². The van der Waals surface area contributed by atoms with Gasteiger partial charge in [-0.05, 0) is 35.4 Å². The van der Waals surface area contributed by atoms with Gasteiger partial charge in [0.15, 0.2) is 0 Å². The van der Waals surface area contributed by atoms with E-state index in [-0.39, 0.29) is 36.9 Å². The lowest BCUT2D eigenvalue weighted by molar-refractivity contribution is -0.137. The quantitative estimate of drug-likeness (QED) is 0.788. The Balaban J connectivity index is 1.99. The second-order valence-electron chi connectivity index (χ2n) is 5.98. The van der Waals surface area contributed by atoms with E-state index in [9.17, 15) is 21.6 Å². The second-order valence-corrected chi connectivity index (χ2v) is 7.89. The zero-order valence-corrected chi connectivity index (χ0v) is 15.3. The first-order valence-corrected chi connectivity index (χ1v) is 9.61. The van der Waals surface area contributed by atoms with E-state index in [2.05, 4.69) is 0 Å². The molecule has 0 unspecified atom stereocenters. The number of halogens is 3. The maximum absolute atomic E-state index is 12.9. The van der Waals surface area contributed by atoms with Crippen LogP contribution in [0.15, 0.2) is 47.4 Å². The van der Waals surface area contributed by atoms with Crippen molar-refractivity contribution in [1.82, 2.24) is 4.31 Å². The SMILES string of the molecule is COCCN1CCOc2ccc(-c3ccc(C(F)(F)F)cc3)cc2S1(=O)=O. The molecule has 1 heterocycles. The Morgan fingerprint density at radius 1 is 1.11 bits per heavy atom. The fourth-order valence-electron chi connectivity index (χ4n) is 2.80. The molecule has 0 amide bonds. The summed E-state index contributed by atoms with van der Waals surface area (Å²) in [5.41, 5.74) is 0.208. The molecule has 2 aromatic rings. The third-order valence-corrected chi connectivity index (χ3v) is 6.17. The van der Waals surface area contributed by atoms with Crippen LogP contribution in [-0.4, -0.2) is 46.1 Å². The van der Waals surface area contributed by atoms with Crippen LogP contribution in [0.5, 0.6) is 5.75 Å². The van der Waals surface area contributed by atoms with Crippen molar-refractivity contribution in [2.24, 2.45) is 0 Å². The van der Waals surface area contributed by atoms with Crippen molar-refractivity contribution in [3.63, 3.8) is 0 Å². The molecule has 3 rings (SSSR count). The number of nitrogens with zero attached hydrogens (tertiary/aromatic N) is 1. The third kappa shape index (κ3) is 4.10. The van der Waals surface area contributed by atoms with Gasteiger partial charge in [0.05, 0.1) is 12.2 Å². The largest absolute Gasteiger partial charge is 0.491 e. The molecule has 0 aliphatic carbocycles. The van der Waals surface area contributed by atoms with Crippen LogP contribution in [0.4, 0.5) is 13.2 Å². The van der Waals surface area contributed by atoms with Gasteiger partial charge in [0.25, 0.3) is 0 Å². The molecule has 27 heavy (non-hydrogen) atoms. The van der Waals surface area contributed by atoms with Gasteiger partial charge in [-0.2, -0.15) is 17.5 Å². The Labute approximate surface area is 155 Å². The van der Waals surface area contributed by atoms with E-state index < -0.39 is 21.8 Å². The predicted octanol–water partition coefficient (Wildman–Crippen LogP) is 3.40. The van der Waals surface area contributed by atoms with Crippen LogP contribution < -0.4 is 4.74 Å². The first kappa shape index (κ1) is 19.7. The van der Waals surface area contributed by atoms with Crippen molar-refractivity contribution < 1.29 is 31.1 Å². The molecule has 146 valence electrons. The lowest BCUT2D eigenvalue weighted by atomic mass is 10.0. The molecule has 5 nitrogen and oxygen atoms in total. The first-order chi connectivity index (χ1) is 12.7. The fraction of sp³-hybridized carbons (Fsp3) is 0.333. The third-order valence-electron chi connectivity index (χ3n) is 4.25. The van der Waals surface area contributed by atoms with E-state index in [4.69, 9.17) is 9.47 Å². The van der Waals surface area contributed by atoms with E-state index in [0.717, 1.165) is 12.1 Å². The molecule has 0 atom stereocenters. The van der Waals surface area contributed by atoms with Crippen molar-refractivity contribution >= 4 is 10.0 Å². The summed E-state index contributed by atoms with van der Waals surface area (Å²) in [5.74, 6) is 0.227. The molecule has 9 heteroatoms. The average Bonchev–Trinajstić information content (AvgIpc) is 2.75. The first-order valence-electron chi connectivity index (χ1n) is 8.17. The molecule has 0 spiro atoms. The highest BCUT2D eigenvalue weighted by Gasteiger charge is 2.32. The van der Waals surface area contributed by atoms with E-state index in [0.29, 0.717) is 11.1 Å². The summed E-state index contributed by atoms with van der Waals surface area (Å²) in [4.78, 5) is -0.00602. The Hall–Kier alpha value is -2.10. The van der Waals surface area contributed by atoms with E-state index >= 15 is 0 Å². The topological polar surface area (TPSA) is 55.8 Å². The Morgan fingerprint density at radius 3 is 2.41 bits per heavy atom. The number of sulfonamides is 1. The molecule has 0 saturated heterocycles.